The van der Waals surface area contributed by atoms with Crippen molar-refractivity contribution in [2.45, 2.75) is 74.3 Å². The monoisotopic (exact) mass is 684 g/mol. The van der Waals surface area contributed by atoms with Gasteiger partial charge in [-0.3, -0.25) is 4.90 Å². The van der Waals surface area contributed by atoms with Crippen LogP contribution in [0.3, 0.4) is 0 Å². The molecule has 0 amide bonds. The first-order valence-electron chi connectivity index (χ1n) is 19.3. The van der Waals surface area contributed by atoms with Crippen molar-refractivity contribution in [1.29, 1.82) is 0 Å². The van der Waals surface area contributed by atoms with Gasteiger partial charge in [0.1, 0.15) is 0 Å². The van der Waals surface area contributed by atoms with Crippen LogP contribution >= 0.6 is 0 Å². The molecule has 11 rings (SSSR count). The lowest BCUT2D eigenvalue weighted by atomic mass is 9.49. The third-order valence-corrected chi connectivity index (χ3v) is 13.4. The molecule has 1 saturated heterocycles. The average molecular weight is 685 g/mol. The van der Waals surface area contributed by atoms with Gasteiger partial charge in [-0.1, -0.05) is 115 Å². The van der Waals surface area contributed by atoms with E-state index in [9.17, 15) is 5.11 Å². The zero-order valence-corrected chi connectivity index (χ0v) is 29.7. The molecule has 5 nitrogen and oxygen atoms in total. The van der Waals surface area contributed by atoms with Crippen LogP contribution in [0.15, 0.2) is 127 Å². The van der Waals surface area contributed by atoms with Gasteiger partial charge < -0.3 is 19.1 Å². The number of hydrogen-bond donors (Lipinski definition) is 1. The van der Waals surface area contributed by atoms with Crippen LogP contribution in [0.4, 0.5) is 0 Å². The fraction of sp³-hybridized carbons (Fsp3) is 0.319. The van der Waals surface area contributed by atoms with Crippen LogP contribution in [-0.4, -0.2) is 39.3 Å². The number of benzene rings is 5. The minimum atomic E-state index is -0.979. The highest BCUT2D eigenvalue weighted by Gasteiger charge is 2.73. The van der Waals surface area contributed by atoms with Crippen molar-refractivity contribution in [1.82, 2.24) is 9.47 Å². The van der Waals surface area contributed by atoms with Gasteiger partial charge in [0.25, 0.3) is 0 Å². The molecular weight excluding hydrogens is 641 g/mol. The van der Waals surface area contributed by atoms with Crippen LogP contribution in [0.25, 0.3) is 10.9 Å². The van der Waals surface area contributed by atoms with Gasteiger partial charge in [0, 0.05) is 58.7 Å². The molecule has 2 aliphatic heterocycles. The van der Waals surface area contributed by atoms with E-state index in [1.54, 1.807) is 0 Å². The van der Waals surface area contributed by atoms with Crippen LogP contribution in [0.2, 0.25) is 0 Å². The van der Waals surface area contributed by atoms with Crippen molar-refractivity contribution >= 4 is 10.9 Å². The molecule has 52 heavy (non-hydrogen) atoms. The van der Waals surface area contributed by atoms with Crippen molar-refractivity contribution in [2.75, 3.05) is 13.1 Å². The molecule has 4 atom stereocenters. The minimum absolute atomic E-state index is 0.0344. The molecule has 2 fully saturated rings. The first-order chi connectivity index (χ1) is 25.6. The van der Waals surface area contributed by atoms with Crippen LogP contribution < -0.4 is 9.47 Å². The summed E-state index contributed by atoms with van der Waals surface area (Å²) in [6.07, 6.45) is 4.59. The van der Waals surface area contributed by atoms with Crippen LogP contribution in [0.5, 0.6) is 11.5 Å². The fourth-order valence-electron chi connectivity index (χ4n) is 11.1. The van der Waals surface area contributed by atoms with Crippen molar-refractivity contribution < 1.29 is 14.6 Å². The molecule has 2 bridgehead atoms. The van der Waals surface area contributed by atoms with Gasteiger partial charge in [0.2, 0.25) is 0 Å². The quantitative estimate of drug-likeness (QED) is 0.163. The molecule has 5 aromatic carbocycles. The van der Waals surface area contributed by atoms with Crippen LogP contribution in [0.1, 0.15) is 71.4 Å². The Hall–Kier alpha value is -4.84. The minimum Gasteiger partial charge on any atom is -0.479 e. The Morgan fingerprint density at radius 2 is 1.44 bits per heavy atom. The fourth-order valence-corrected chi connectivity index (χ4v) is 11.1. The number of likely N-dealkylation sites (tertiary alicyclic amines) is 1. The standard InChI is InChI=1S/C47H44N2O3/c1-2-49-38-21-13-12-20-36(38)37-29-46(50)40-28-32-24-25-39(43-41(32)45(46,44(51-43)42(37)49)26-27-48(40)30-31-22-23-31)52-47(33-14-6-3-7-15-33,34-16-8-4-9-17-34)35-18-10-5-11-19-35/h3-21,24-25,31,40,44,50H,2,22-23,26-30H2,1H3/t40-,44+,45+,46-/m1/s1. The normalized spacial score (nSPS) is 25.7. The number of hydrogen-bond acceptors (Lipinski definition) is 4. The summed E-state index contributed by atoms with van der Waals surface area (Å²) in [4.78, 5) is 2.65. The summed E-state index contributed by atoms with van der Waals surface area (Å²) < 4.78 is 17.7. The third-order valence-electron chi connectivity index (χ3n) is 13.4. The lowest BCUT2D eigenvalue weighted by Gasteiger charge is -2.63. The summed E-state index contributed by atoms with van der Waals surface area (Å²) in [5.41, 5.74) is 6.82. The number of aliphatic hydroxyl groups is 1. The Morgan fingerprint density at radius 1 is 0.808 bits per heavy atom. The van der Waals surface area contributed by atoms with E-state index < -0.39 is 16.6 Å². The van der Waals surface area contributed by atoms with E-state index in [2.05, 4.69) is 144 Å². The predicted octanol–water partition coefficient (Wildman–Crippen LogP) is 8.73. The molecule has 260 valence electrons. The maximum atomic E-state index is 13.7. The number of nitrogens with zero attached hydrogens (tertiary/aromatic N) is 2. The maximum absolute atomic E-state index is 13.7. The Morgan fingerprint density at radius 3 is 2.08 bits per heavy atom. The summed E-state index contributed by atoms with van der Waals surface area (Å²) >= 11 is 0. The largest absolute Gasteiger partial charge is 0.479 e. The van der Waals surface area contributed by atoms with Gasteiger partial charge in [-0.2, -0.15) is 0 Å². The predicted molar refractivity (Wildman–Crippen MR) is 204 cm³/mol. The average Bonchev–Trinajstić information content (AvgIpc) is 3.86. The van der Waals surface area contributed by atoms with E-state index in [0.29, 0.717) is 6.42 Å². The molecule has 0 unspecified atom stereocenters. The number of fused-ring (bicyclic) bond motifs is 4. The van der Waals surface area contributed by atoms with Crippen molar-refractivity contribution in [2.24, 2.45) is 5.92 Å². The molecule has 1 aromatic heterocycles. The molecule has 0 radical (unpaired) electrons. The molecule has 5 heteroatoms. The van der Waals surface area contributed by atoms with Crippen LogP contribution in [0, 0.1) is 5.92 Å². The Labute approximate surface area is 305 Å². The van der Waals surface area contributed by atoms with E-state index in [4.69, 9.17) is 9.47 Å². The summed E-state index contributed by atoms with van der Waals surface area (Å²) in [6.45, 7) is 5.13. The van der Waals surface area contributed by atoms with E-state index in [1.165, 1.54) is 46.1 Å². The molecule has 6 aromatic rings. The molecule has 1 N–H and O–H groups in total. The van der Waals surface area contributed by atoms with Gasteiger partial charge in [-0.15, -0.1) is 0 Å². The Balaban J connectivity index is 1.16. The van der Waals surface area contributed by atoms with E-state index >= 15 is 0 Å². The second kappa shape index (κ2) is 11.1. The number of aromatic nitrogens is 1. The molecule has 1 spiro atoms. The zero-order valence-electron chi connectivity index (χ0n) is 29.7. The third kappa shape index (κ3) is 3.96. The lowest BCUT2D eigenvalue weighted by Crippen LogP contribution is -2.74. The number of piperidine rings is 1. The molecule has 3 heterocycles. The number of ether oxygens (including phenoxy) is 2. The van der Waals surface area contributed by atoms with Gasteiger partial charge in [0.15, 0.2) is 23.2 Å². The molecule has 1 saturated carbocycles. The van der Waals surface area contributed by atoms with Crippen molar-refractivity contribution in [3.63, 3.8) is 0 Å². The lowest BCUT2D eigenvalue weighted by molar-refractivity contribution is -0.173. The number of para-hydroxylation sites is 1. The highest BCUT2D eigenvalue weighted by atomic mass is 16.5. The molecule has 3 aliphatic carbocycles. The summed E-state index contributed by atoms with van der Waals surface area (Å²) in [7, 11) is 0. The Kier molecular flexibility index (Phi) is 6.56. The van der Waals surface area contributed by atoms with Crippen LogP contribution in [-0.2, 0) is 30.4 Å². The van der Waals surface area contributed by atoms with E-state index in [0.717, 1.165) is 66.6 Å². The van der Waals surface area contributed by atoms with Gasteiger partial charge in [0.05, 0.1) is 16.7 Å². The number of aryl methyl sites for hydroxylation is 1. The van der Waals surface area contributed by atoms with Crippen molar-refractivity contribution in [3.8, 4) is 11.5 Å². The summed E-state index contributed by atoms with van der Waals surface area (Å²) in [5, 5.41) is 14.9. The van der Waals surface area contributed by atoms with Gasteiger partial charge in [-0.05, 0) is 68.3 Å². The Bertz CT molecular complexity index is 2230. The van der Waals surface area contributed by atoms with E-state index in [-0.39, 0.29) is 12.1 Å². The SMILES string of the molecule is CCn1c2c(c3ccccc31)C[C@@]1(O)[C@H]3Cc4ccc(OC(c5ccccc5)(c5ccccc5)c5ccccc5)c5c4[C@@]1(CCN3CC1CC1)[C@H]2O5. The highest BCUT2D eigenvalue weighted by Crippen LogP contribution is 2.70. The first-order valence-corrected chi connectivity index (χ1v) is 19.3. The smallest absolute Gasteiger partial charge is 0.184 e. The second-order valence-corrected chi connectivity index (χ2v) is 15.9. The number of rotatable bonds is 8. The topological polar surface area (TPSA) is 46.9 Å². The summed E-state index contributed by atoms with van der Waals surface area (Å²) in [6, 6.07) is 45.0. The maximum Gasteiger partial charge on any atom is 0.184 e. The van der Waals surface area contributed by atoms with Gasteiger partial charge >= 0.3 is 0 Å². The second-order valence-electron chi connectivity index (χ2n) is 15.9. The highest BCUT2D eigenvalue weighted by molar-refractivity contribution is 5.87. The first kappa shape index (κ1) is 30.8. The molecular formula is C47H44N2O3. The zero-order chi connectivity index (χ0) is 34.7. The summed E-state index contributed by atoms with van der Waals surface area (Å²) in [5.74, 6) is 2.29. The van der Waals surface area contributed by atoms with E-state index in [1.807, 2.05) is 0 Å². The van der Waals surface area contributed by atoms with Gasteiger partial charge in [-0.25, -0.2) is 0 Å². The van der Waals surface area contributed by atoms with Crippen molar-refractivity contribution in [3.05, 3.63) is 166 Å². The molecule has 5 aliphatic rings.